The van der Waals surface area contributed by atoms with E-state index in [0.717, 1.165) is 29.7 Å². The summed E-state index contributed by atoms with van der Waals surface area (Å²) in [5, 5.41) is 9.52. The van der Waals surface area contributed by atoms with E-state index in [4.69, 9.17) is 4.74 Å². The third-order valence-electron chi connectivity index (χ3n) is 3.72. The van der Waals surface area contributed by atoms with Crippen molar-refractivity contribution in [1.82, 2.24) is 4.98 Å². The van der Waals surface area contributed by atoms with Crippen LogP contribution in [0.5, 0.6) is 5.75 Å². The van der Waals surface area contributed by atoms with Gasteiger partial charge in [0.1, 0.15) is 11.6 Å². The van der Waals surface area contributed by atoms with Crippen molar-refractivity contribution in [3.8, 4) is 17.0 Å². The summed E-state index contributed by atoms with van der Waals surface area (Å²) in [5.74, 6) is 0.835. The van der Waals surface area contributed by atoms with Crippen molar-refractivity contribution in [2.75, 3.05) is 6.61 Å². The van der Waals surface area contributed by atoms with Crippen molar-refractivity contribution in [3.63, 3.8) is 0 Å². The third kappa shape index (κ3) is 2.90. The van der Waals surface area contributed by atoms with E-state index in [9.17, 15) is 9.50 Å². The highest BCUT2D eigenvalue weighted by molar-refractivity contribution is 5.68. The van der Waals surface area contributed by atoms with Gasteiger partial charge in [0.05, 0.1) is 25.1 Å². The van der Waals surface area contributed by atoms with Crippen molar-refractivity contribution in [2.45, 2.75) is 32.3 Å². The first-order chi connectivity index (χ1) is 10.2. The molecule has 1 aliphatic carbocycles. The Morgan fingerprint density at radius 3 is 2.71 bits per heavy atom. The Balaban J connectivity index is 2.11. The highest BCUT2D eigenvalue weighted by atomic mass is 19.1. The van der Waals surface area contributed by atoms with Gasteiger partial charge in [-0.2, -0.15) is 0 Å². The van der Waals surface area contributed by atoms with Gasteiger partial charge in [0.15, 0.2) is 0 Å². The van der Waals surface area contributed by atoms with E-state index in [1.165, 1.54) is 17.8 Å². The normalized spacial score (nSPS) is 14.2. The molecule has 1 saturated carbocycles. The third-order valence-corrected chi connectivity index (χ3v) is 3.72. The van der Waals surface area contributed by atoms with Crippen LogP contribution < -0.4 is 4.74 Å². The van der Waals surface area contributed by atoms with Crippen LogP contribution in [0.2, 0.25) is 0 Å². The zero-order valence-electron chi connectivity index (χ0n) is 12.0. The predicted octanol–water partition coefficient (Wildman–Crippen LogP) is 3.66. The maximum atomic E-state index is 13.1. The van der Waals surface area contributed by atoms with Gasteiger partial charge in [-0.15, -0.1) is 0 Å². The molecule has 0 aliphatic heterocycles. The Labute approximate surface area is 123 Å². The SMILES string of the molecule is CCOc1cc(-c2ccc(F)cn2)c(C2CC2)cc1CO. The summed E-state index contributed by atoms with van der Waals surface area (Å²) in [6, 6.07) is 7.02. The monoisotopic (exact) mass is 287 g/mol. The Morgan fingerprint density at radius 1 is 1.33 bits per heavy atom. The zero-order valence-corrected chi connectivity index (χ0v) is 12.0. The van der Waals surface area contributed by atoms with Crippen LogP contribution in [0.4, 0.5) is 4.39 Å². The molecule has 0 radical (unpaired) electrons. The minimum atomic E-state index is -0.344. The summed E-state index contributed by atoms with van der Waals surface area (Å²) in [6.45, 7) is 2.39. The first-order valence-electron chi connectivity index (χ1n) is 7.25. The Bertz CT molecular complexity index is 636. The molecule has 0 saturated heterocycles. The fraction of sp³-hybridized carbons (Fsp3) is 0.353. The van der Waals surface area contributed by atoms with Gasteiger partial charge in [-0.1, -0.05) is 0 Å². The molecule has 0 amide bonds. The van der Waals surface area contributed by atoms with Crippen LogP contribution in [0.3, 0.4) is 0 Å². The molecule has 1 aromatic heterocycles. The highest BCUT2D eigenvalue weighted by Crippen LogP contribution is 2.46. The van der Waals surface area contributed by atoms with Gasteiger partial charge in [-0.3, -0.25) is 4.98 Å². The van der Waals surface area contributed by atoms with Crippen LogP contribution in [0, 0.1) is 5.82 Å². The van der Waals surface area contributed by atoms with Crippen LogP contribution >= 0.6 is 0 Å². The number of rotatable bonds is 5. The topological polar surface area (TPSA) is 42.4 Å². The minimum Gasteiger partial charge on any atom is -0.493 e. The van der Waals surface area contributed by atoms with Crippen LogP contribution in [0.1, 0.15) is 36.8 Å². The quantitative estimate of drug-likeness (QED) is 0.912. The smallest absolute Gasteiger partial charge is 0.141 e. The number of ether oxygens (including phenoxy) is 1. The Kier molecular flexibility index (Phi) is 3.88. The molecule has 1 aliphatic rings. The van der Waals surface area contributed by atoms with Crippen LogP contribution in [0.25, 0.3) is 11.3 Å². The molecule has 3 nitrogen and oxygen atoms in total. The first kappa shape index (κ1) is 14.0. The summed E-state index contributed by atoms with van der Waals surface area (Å²) < 4.78 is 18.7. The molecule has 1 N–H and O–H groups in total. The van der Waals surface area contributed by atoms with Gasteiger partial charge in [-0.05, 0) is 55.5 Å². The molecule has 110 valence electrons. The number of nitrogens with zero attached hydrogens (tertiary/aromatic N) is 1. The summed E-state index contributed by atoms with van der Waals surface area (Å²) in [7, 11) is 0. The van der Waals surface area contributed by atoms with E-state index in [-0.39, 0.29) is 12.4 Å². The van der Waals surface area contributed by atoms with Crippen molar-refractivity contribution < 1.29 is 14.2 Å². The molecule has 1 fully saturated rings. The number of aliphatic hydroxyl groups is 1. The molecule has 0 spiro atoms. The predicted molar refractivity (Wildman–Crippen MR) is 78.7 cm³/mol. The average molecular weight is 287 g/mol. The van der Waals surface area contributed by atoms with E-state index in [1.54, 1.807) is 6.07 Å². The van der Waals surface area contributed by atoms with E-state index in [0.29, 0.717) is 18.3 Å². The van der Waals surface area contributed by atoms with Crippen molar-refractivity contribution in [1.29, 1.82) is 0 Å². The number of hydrogen-bond acceptors (Lipinski definition) is 3. The van der Waals surface area contributed by atoms with Gasteiger partial charge in [0.25, 0.3) is 0 Å². The second-order valence-electron chi connectivity index (χ2n) is 5.27. The van der Waals surface area contributed by atoms with Gasteiger partial charge in [0, 0.05) is 11.1 Å². The molecule has 0 bridgehead atoms. The number of hydrogen-bond donors (Lipinski definition) is 1. The first-order valence-corrected chi connectivity index (χ1v) is 7.25. The van der Waals surface area contributed by atoms with Crippen molar-refractivity contribution in [3.05, 3.63) is 47.4 Å². The van der Waals surface area contributed by atoms with E-state index in [1.807, 2.05) is 19.1 Å². The van der Waals surface area contributed by atoms with Crippen LogP contribution in [0.15, 0.2) is 30.5 Å². The molecule has 0 unspecified atom stereocenters. The molecule has 0 atom stereocenters. The Morgan fingerprint density at radius 2 is 2.14 bits per heavy atom. The van der Waals surface area contributed by atoms with Gasteiger partial charge in [-0.25, -0.2) is 4.39 Å². The summed E-state index contributed by atoms with van der Waals surface area (Å²) in [5.41, 5.74) is 3.67. The van der Waals surface area contributed by atoms with Crippen LogP contribution in [-0.2, 0) is 6.61 Å². The molecule has 2 aromatic rings. The standard InChI is InChI=1S/C17H18FNO2/c1-2-21-17-8-15(16-6-5-13(18)9-19-16)14(11-3-4-11)7-12(17)10-20/h5-9,11,20H,2-4,10H2,1H3. The van der Waals surface area contributed by atoms with Gasteiger partial charge < -0.3 is 9.84 Å². The molecule has 21 heavy (non-hydrogen) atoms. The number of aliphatic hydroxyl groups excluding tert-OH is 1. The summed E-state index contributed by atoms with van der Waals surface area (Å²) in [4.78, 5) is 4.18. The molecular weight excluding hydrogens is 269 g/mol. The fourth-order valence-corrected chi connectivity index (χ4v) is 2.55. The minimum absolute atomic E-state index is 0.0494. The van der Waals surface area contributed by atoms with E-state index >= 15 is 0 Å². The lowest BCUT2D eigenvalue weighted by molar-refractivity contribution is 0.267. The molecular formula is C17H18FNO2. The molecule has 1 heterocycles. The number of aromatic nitrogens is 1. The lowest BCUT2D eigenvalue weighted by Crippen LogP contribution is -2.00. The lowest BCUT2D eigenvalue weighted by atomic mass is 9.96. The van der Waals surface area contributed by atoms with Crippen molar-refractivity contribution >= 4 is 0 Å². The summed E-state index contributed by atoms with van der Waals surface area (Å²) in [6.07, 6.45) is 3.52. The maximum absolute atomic E-state index is 13.1. The van der Waals surface area contributed by atoms with E-state index < -0.39 is 0 Å². The summed E-state index contributed by atoms with van der Waals surface area (Å²) >= 11 is 0. The Hall–Kier alpha value is -1.94. The lowest BCUT2D eigenvalue weighted by Gasteiger charge is -2.15. The fourth-order valence-electron chi connectivity index (χ4n) is 2.55. The second kappa shape index (κ2) is 5.82. The highest BCUT2D eigenvalue weighted by Gasteiger charge is 2.28. The van der Waals surface area contributed by atoms with Crippen molar-refractivity contribution in [2.24, 2.45) is 0 Å². The van der Waals surface area contributed by atoms with E-state index in [2.05, 4.69) is 4.98 Å². The zero-order chi connectivity index (χ0) is 14.8. The largest absolute Gasteiger partial charge is 0.493 e. The number of benzene rings is 1. The molecule has 3 rings (SSSR count). The maximum Gasteiger partial charge on any atom is 0.141 e. The second-order valence-corrected chi connectivity index (χ2v) is 5.27. The number of pyridine rings is 1. The van der Waals surface area contributed by atoms with Gasteiger partial charge >= 0.3 is 0 Å². The molecule has 4 heteroatoms. The van der Waals surface area contributed by atoms with Gasteiger partial charge in [0.2, 0.25) is 0 Å². The average Bonchev–Trinajstić information content (AvgIpc) is 3.33. The molecule has 1 aromatic carbocycles. The number of halogens is 1. The van der Waals surface area contributed by atoms with Crippen LogP contribution in [-0.4, -0.2) is 16.7 Å².